The van der Waals surface area contributed by atoms with Crippen LogP contribution >= 0.6 is 0 Å². The van der Waals surface area contributed by atoms with Crippen LogP contribution in [-0.4, -0.2) is 4.40 Å². The van der Waals surface area contributed by atoms with Crippen molar-refractivity contribution in [2.45, 2.75) is 27.7 Å². The molecule has 4 aromatic carbocycles. The summed E-state index contributed by atoms with van der Waals surface area (Å²) in [5, 5.41) is 6.70. The Labute approximate surface area is 199 Å². The van der Waals surface area contributed by atoms with Crippen molar-refractivity contribution >= 4 is 49.0 Å². The average Bonchev–Trinajstić information content (AvgIpc) is 3.17. The van der Waals surface area contributed by atoms with Crippen LogP contribution in [0.2, 0.25) is 0 Å². The molecule has 34 heavy (non-hydrogen) atoms. The van der Waals surface area contributed by atoms with E-state index in [9.17, 15) is 0 Å². The standard InChI is InChI=1S/C32H27N2/c1-18-11-12-26-25(15-18)29-24(22-9-7-6-8-10-22)17-23-13-14-33(5)31-27-21(4)19(2)16-20(3)30(27)34(26)32(29)28(23)31/h6-17H,1-5H3/q+1. The molecule has 0 radical (unpaired) electrons. The Morgan fingerprint density at radius 2 is 1.50 bits per heavy atom. The lowest BCUT2D eigenvalue weighted by molar-refractivity contribution is -0.643. The summed E-state index contributed by atoms with van der Waals surface area (Å²) in [5.74, 6) is 0. The summed E-state index contributed by atoms with van der Waals surface area (Å²) in [4.78, 5) is 0. The highest BCUT2D eigenvalue weighted by molar-refractivity contribution is 6.30. The molecule has 0 spiro atoms. The molecule has 0 amide bonds. The molecular weight excluding hydrogens is 412 g/mol. The molecule has 2 nitrogen and oxygen atoms in total. The summed E-state index contributed by atoms with van der Waals surface area (Å²) >= 11 is 0. The van der Waals surface area contributed by atoms with Gasteiger partial charge in [-0.25, -0.2) is 4.57 Å². The van der Waals surface area contributed by atoms with Gasteiger partial charge >= 0.3 is 0 Å². The Kier molecular flexibility index (Phi) is 3.78. The van der Waals surface area contributed by atoms with Crippen LogP contribution in [-0.2, 0) is 7.05 Å². The molecule has 3 aromatic heterocycles. The van der Waals surface area contributed by atoms with Gasteiger partial charge in [0.2, 0.25) is 5.52 Å². The Bertz CT molecular complexity index is 1940. The molecular formula is C32H27N2+. The molecule has 0 fully saturated rings. The maximum Gasteiger partial charge on any atom is 0.224 e. The molecule has 0 aliphatic heterocycles. The molecule has 3 heterocycles. The van der Waals surface area contributed by atoms with E-state index < -0.39 is 0 Å². The van der Waals surface area contributed by atoms with Gasteiger partial charge in [-0.05, 0) is 79.1 Å². The van der Waals surface area contributed by atoms with Crippen LogP contribution in [0.25, 0.3) is 60.1 Å². The van der Waals surface area contributed by atoms with Crippen molar-refractivity contribution in [1.82, 2.24) is 4.40 Å². The predicted octanol–water partition coefficient (Wildman–Crippen LogP) is 7.72. The molecule has 0 saturated carbocycles. The van der Waals surface area contributed by atoms with E-state index in [2.05, 4.69) is 117 Å². The van der Waals surface area contributed by atoms with Gasteiger partial charge in [0, 0.05) is 16.8 Å². The first kappa shape index (κ1) is 19.5. The first-order valence-corrected chi connectivity index (χ1v) is 12.0. The molecule has 0 aliphatic carbocycles. The van der Waals surface area contributed by atoms with Gasteiger partial charge in [-0.1, -0.05) is 48.0 Å². The smallest absolute Gasteiger partial charge is 0.224 e. The van der Waals surface area contributed by atoms with Crippen molar-refractivity contribution in [1.29, 1.82) is 0 Å². The Morgan fingerprint density at radius 3 is 2.29 bits per heavy atom. The summed E-state index contributed by atoms with van der Waals surface area (Å²) in [6, 6.07) is 24.8. The maximum absolute atomic E-state index is 2.56. The molecule has 0 N–H and O–H groups in total. The molecule has 164 valence electrons. The topological polar surface area (TPSA) is 8.29 Å². The van der Waals surface area contributed by atoms with Crippen molar-refractivity contribution in [3.8, 4) is 11.1 Å². The summed E-state index contributed by atoms with van der Waals surface area (Å²) in [6.07, 6.45) is 2.22. The minimum atomic E-state index is 1.27. The second-order valence-electron chi connectivity index (χ2n) is 9.97. The monoisotopic (exact) mass is 439 g/mol. The van der Waals surface area contributed by atoms with Crippen LogP contribution in [0.4, 0.5) is 0 Å². The normalized spacial score (nSPS) is 12.3. The average molecular weight is 440 g/mol. The van der Waals surface area contributed by atoms with Gasteiger partial charge in [-0.3, -0.25) is 0 Å². The molecule has 0 unspecified atom stereocenters. The van der Waals surface area contributed by atoms with Crippen LogP contribution < -0.4 is 4.57 Å². The van der Waals surface area contributed by atoms with Crippen molar-refractivity contribution in [3.05, 3.63) is 95.2 Å². The van der Waals surface area contributed by atoms with Crippen LogP contribution in [0.5, 0.6) is 0 Å². The molecule has 0 bridgehead atoms. The summed E-state index contributed by atoms with van der Waals surface area (Å²) in [7, 11) is 2.19. The largest absolute Gasteiger partial charge is 0.307 e. The van der Waals surface area contributed by atoms with Crippen LogP contribution in [0.15, 0.2) is 72.9 Å². The third-order valence-electron chi connectivity index (χ3n) is 7.84. The zero-order valence-corrected chi connectivity index (χ0v) is 20.3. The van der Waals surface area contributed by atoms with Gasteiger partial charge in [-0.2, -0.15) is 0 Å². The predicted molar refractivity (Wildman–Crippen MR) is 144 cm³/mol. The lowest BCUT2D eigenvalue weighted by atomic mass is 9.92. The number of rotatable bonds is 1. The second-order valence-corrected chi connectivity index (χ2v) is 9.97. The van der Waals surface area contributed by atoms with Gasteiger partial charge < -0.3 is 4.40 Å². The van der Waals surface area contributed by atoms with Crippen molar-refractivity contribution in [2.75, 3.05) is 0 Å². The summed E-state index contributed by atoms with van der Waals surface area (Å²) in [6.45, 7) is 8.99. The lowest BCUT2D eigenvalue weighted by Crippen LogP contribution is -2.29. The third kappa shape index (κ3) is 2.33. The maximum atomic E-state index is 2.56. The first-order chi connectivity index (χ1) is 16.5. The Balaban J connectivity index is 1.94. The Morgan fingerprint density at radius 1 is 0.706 bits per heavy atom. The van der Waals surface area contributed by atoms with E-state index in [0.29, 0.717) is 0 Å². The van der Waals surface area contributed by atoms with Crippen LogP contribution in [0.3, 0.4) is 0 Å². The highest BCUT2D eigenvalue weighted by Gasteiger charge is 2.27. The number of hydrogen-bond donors (Lipinski definition) is 0. The molecule has 7 rings (SSSR count). The van der Waals surface area contributed by atoms with Gasteiger partial charge in [-0.15, -0.1) is 0 Å². The number of nitrogens with zero attached hydrogens (tertiary/aromatic N) is 2. The number of aryl methyl sites for hydroxylation is 5. The summed E-state index contributed by atoms with van der Waals surface area (Å²) < 4.78 is 4.88. The van der Waals surface area contributed by atoms with Gasteiger partial charge in [0.15, 0.2) is 6.20 Å². The molecule has 2 heteroatoms. The van der Waals surface area contributed by atoms with E-state index in [-0.39, 0.29) is 0 Å². The van der Waals surface area contributed by atoms with E-state index in [4.69, 9.17) is 0 Å². The van der Waals surface area contributed by atoms with E-state index in [1.807, 2.05) is 0 Å². The minimum absolute atomic E-state index is 1.27. The van der Waals surface area contributed by atoms with Crippen molar-refractivity contribution < 1.29 is 4.57 Å². The minimum Gasteiger partial charge on any atom is -0.307 e. The number of fused-ring (bicyclic) bond motifs is 6. The number of benzene rings is 4. The number of hydrogen-bond acceptors (Lipinski definition) is 0. The van der Waals surface area contributed by atoms with Crippen LogP contribution in [0, 0.1) is 27.7 Å². The first-order valence-electron chi connectivity index (χ1n) is 12.0. The number of aromatic nitrogens is 2. The summed E-state index contributed by atoms with van der Waals surface area (Å²) in [5.41, 5.74) is 13.2. The molecule has 7 aromatic rings. The van der Waals surface area contributed by atoms with E-state index >= 15 is 0 Å². The second kappa shape index (κ2) is 6.57. The highest BCUT2D eigenvalue weighted by atomic mass is 15.0. The quantitative estimate of drug-likeness (QED) is 0.141. The van der Waals surface area contributed by atoms with E-state index in [0.717, 1.165) is 0 Å². The van der Waals surface area contributed by atoms with Crippen LogP contribution in [0.1, 0.15) is 22.3 Å². The zero-order chi connectivity index (χ0) is 23.3. The lowest BCUT2D eigenvalue weighted by Gasteiger charge is -2.17. The van der Waals surface area contributed by atoms with Gasteiger partial charge in [0.25, 0.3) is 0 Å². The highest BCUT2D eigenvalue weighted by Crippen LogP contribution is 2.46. The third-order valence-corrected chi connectivity index (χ3v) is 7.84. The fraction of sp³-hybridized carbons (Fsp3) is 0.156. The molecule has 0 atom stereocenters. The Hall–Kier alpha value is -3.91. The van der Waals surface area contributed by atoms with E-state index in [1.54, 1.807) is 0 Å². The molecule has 0 saturated heterocycles. The number of pyridine rings is 2. The van der Waals surface area contributed by atoms with Crippen molar-refractivity contribution in [2.24, 2.45) is 7.05 Å². The van der Waals surface area contributed by atoms with E-state index in [1.165, 1.54) is 82.4 Å². The fourth-order valence-electron chi connectivity index (χ4n) is 6.20. The SMILES string of the molecule is Cc1ccc2c(c1)c1c(-c3ccccc3)cc3cc[n+](C)c4c5c(C)c(C)cc(C)c5n2c1c34. The molecule has 0 aliphatic rings. The zero-order valence-electron chi connectivity index (χ0n) is 20.3. The van der Waals surface area contributed by atoms with Gasteiger partial charge in [0.05, 0.1) is 27.3 Å². The van der Waals surface area contributed by atoms with Crippen molar-refractivity contribution in [3.63, 3.8) is 0 Å². The fourth-order valence-corrected chi connectivity index (χ4v) is 6.20. The van der Waals surface area contributed by atoms with Gasteiger partial charge in [0.1, 0.15) is 7.05 Å².